The Morgan fingerprint density at radius 2 is 1.66 bits per heavy atom. The first kappa shape index (κ1) is 27.9. The fourth-order valence-electron chi connectivity index (χ4n) is 4.40. The van der Waals surface area contributed by atoms with E-state index in [4.69, 9.17) is 10.1 Å². The van der Waals surface area contributed by atoms with Gasteiger partial charge in [-0.3, -0.25) is 9.59 Å². The zero-order chi connectivity index (χ0) is 29.0. The predicted molar refractivity (Wildman–Crippen MR) is 158 cm³/mol. The van der Waals surface area contributed by atoms with Gasteiger partial charge in [0.2, 0.25) is 0 Å². The quantitative estimate of drug-likeness (QED) is 0.180. The SMILES string of the molecule is CC(F)(F)c1ccc(N(Cc2ccc(C(=O)NCCC(=O)O)cc2)c2nc(-c3ccc4ccccc4c3)cs2)cc1. The second-order valence-corrected chi connectivity index (χ2v) is 10.5. The number of thiazole rings is 1. The normalized spacial score (nSPS) is 11.4. The molecule has 0 spiro atoms. The highest BCUT2D eigenvalue weighted by molar-refractivity contribution is 7.14. The Labute approximate surface area is 239 Å². The van der Waals surface area contributed by atoms with E-state index in [2.05, 4.69) is 29.6 Å². The molecule has 4 aromatic carbocycles. The van der Waals surface area contributed by atoms with E-state index in [0.717, 1.165) is 34.5 Å². The van der Waals surface area contributed by atoms with Crippen LogP contribution in [0.4, 0.5) is 19.6 Å². The third-order valence-corrected chi connectivity index (χ3v) is 7.50. The summed E-state index contributed by atoms with van der Waals surface area (Å²) in [5.41, 5.74) is 3.70. The van der Waals surface area contributed by atoms with Crippen LogP contribution in [0.2, 0.25) is 0 Å². The van der Waals surface area contributed by atoms with Crippen molar-refractivity contribution in [1.82, 2.24) is 10.3 Å². The van der Waals surface area contributed by atoms with Crippen molar-refractivity contribution in [3.05, 3.63) is 113 Å². The molecule has 2 N–H and O–H groups in total. The molecule has 0 aliphatic rings. The summed E-state index contributed by atoms with van der Waals surface area (Å²) in [6.45, 7) is 1.29. The molecule has 0 saturated carbocycles. The summed E-state index contributed by atoms with van der Waals surface area (Å²) in [6, 6.07) is 27.4. The fraction of sp³-hybridized carbons (Fsp3) is 0.156. The van der Waals surface area contributed by atoms with E-state index < -0.39 is 11.9 Å². The first-order valence-corrected chi connectivity index (χ1v) is 13.8. The van der Waals surface area contributed by atoms with Gasteiger partial charge in [0.25, 0.3) is 11.8 Å². The molecule has 0 aliphatic carbocycles. The molecule has 6 nitrogen and oxygen atoms in total. The Bertz CT molecular complexity index is 1680. The highest BCUT2D eigenvalue weighted by Gasteiger charge is 2.24. The van der Waals surface area contributed by atoms with E-state index in [1.165, 1.54) is 23.5 Å². The maximum absolute atomic E-state index is 13.9. The number of rotatable bonds is 10. The number of benzene rings is 4. The van der Waals surface area contributed by atoms with Crippen LogP contribution in [0.1, 0.15) is 34.8 Å². The van der Waals surface area contributed by atoms with E-state index in [0.29, 0.717) is 22.9 Å². The molecule has 1 heterocycles. The van der Waals surface area contributed by atoms with Crippen molar-refractivity contribution in [3.63, 3.8) is 0 Å². The number of aliphatic carboxylic acids is 1. The number of nitrogens with zero attached hydrogens (tertiary/aromatic N) is 2. The van der Waals surface area contributed by atoms with Gasteiger partial charge >= 0.3 is 5.97 Å². The van der Waals surface area contributed by atoms with Crippen molar-refractivity contribution in [3.8, 4) is 11.3 Å². The lowest BCUT2D eigenvalue weighted by Crippen LogP contribution is -2.26. The number of aromatic nitrogens is 1. The van der Waals surface area contributed by atoms with Gasteiger partial charge in [0.05, 0.1) is 18.7 Å². The minimum atomic E-state index is -2.95. The summed E-state index contributed by atoms with van der Waals surface area (Å²) >= 11 is 1.46. The average molecular weight is 572 g/mol. The minimum Gasteiger partial charge on any atom is -0.481 e. The average Bonchev–Trinajstić information content (AvgIpc) is 3.45. The predicted octanol–water partition coefficient (Wildman–Crippen LogP) is 7.62. The lowest BCUT2D eigenvalue weighted by molar-refractivity contribution is -0.136. The van der Waals surface area contributed by atoms with E-state index in [1.54, 1.807) is 24.3 Å². The summed E-state index contributed by atoms with van der Waals surface area (Å²) < 4.78 is 27.8. The van der Waals surface area contributed by atoms with Crippen LogP contribution in [0, 0.1) is 0 Å². The van der Waals surface area contributed by atoms with E-state index >= 15 is 0 Å². The van der Waals surface area contributed by atoms with E-state index in [9.17, 15) is 18.4 Å². The topological polar surface area (TPSA) is 82.5 Å². The summed E-state index contributed by atoms with van der Waals surface area (Å²) in [5, 5.41) is 16.3. The van der Waals surface area contributed by atoms with Crippen LogP contribution in [0.3, 0.4) is 0 Å². The molecule has 0 fully saturated rings. The van der Waals surface area contributed by atoms with Gasteiger partial charge in [-0.2, -0.15) is 0 Å². The second kappa shape index (κ2) is 11.9. The zero-order valence-electron chi connectivity index (χ0n) is 22.2. The Balaban J connectivity index is 1.42. The molecule has 1 amide bonds. The van der Waals surface area contributed by atoms with Gasteiger partial charge in [0.15, 0.2) is 5.13 Å². The van der Waals surface area contributed by atoms with Crippen LogP contribution < -0.4 is 10.2 Å². The third-order valence-electron chi connectivity index (χ3n) is 6.64. The van der Waals surface area contributed by atoms with Crippen LogP contribution in [0.15, 0.2) is 96.4 Å². The summed E-state index contributed by atoms with van der Waals surface area (Å²) in [4.78, 5) is 29.9. The first-order valence-electron chi connectivity index (χ1n) is 13.0. The molecular formula is C32H27F2N3O3S. The number of carbonyl (C=O) groups is 2. The van der Waals surface area contributed by atoms with Crippen molar-refractivity contribution >= 4 is 44.8 Å². The number of nitrogens with one attached hydrogen (secondary N) is 1. The minimum absolute atomic E-state index is 0.0418. The number of anilines is 2. The maximum Gasteiger partial charge on any atom is 0.305 e. The van der Waals surface area contributed by atoms with Crippen molar-refractivity contribution in [2.75, 3.05) is 11.4 Å². The number of carboxylic acids is 1. The van der Waals surface area contributed by atoms with Crippen LogP contribution in [0.25, 0.3) is 22.0 Å². The van der Waals surface area contributed by atoms with Crippen LogP contribution in [0.5, 0.6) is 0 Å². The van der Waals surface area contributed by atoms with Gasteiger partial charge in [-0.25, -0.2) is 13.8 Å². The number of carboxylic acid groups (broad SMARTS) is 1. The van der Waals surface area contributed by atoms with Crippen LogP contribution >= 0.6 is 11.3 Å². The van der Waals surface area contributed by atoms with Crippen LogP contribution in [-0.2, 0) is 17.3 Å². The molecule has 208 valence electrons. The monoisotopic (exact) mass is 571 g/mol. The number of hydrogen-bond donors (Lipinski definition) is 2. The summed E-state index contributed by atoms with van der Waals surface area (Å²) in [6.07, 6.45) is -0.156. The largest absolute Gasteiger partial charge is 0.481 e. The Kier molecular flexibility index (Phi) is 8.07. The van der Waals surface area contributed by atoms with Crippen molar-refractivity contribution < 1.29 is 23.5 Å². The van der Waals surface area contributed by atoms with Gasteiger partial charge in [0, 0.05) is 41.2 Å². The summed E-state index contributed by atoms with van der Waals surface area (Å²) in [5.74, 6) is -4.29. The number of amides is 1. The van der Waals surface area contributed by atoms with Gasteiger partial charge in [-0.05, 0) is 46.7 Å². The van der Waals surface area contributed by atoms with E-state index in [-0.39, 0.29) is 24.4 Å². The van der Waals surface area contributed by atoms with Crippen molar-refractivity contribution in [2.45, 2.75) is 25.8 Å². The highest BCUT2D eigenvalue weighted by Crippen LogP contribution is 2.36. The molecule has 1 aromatic heterocycles. The molecule has 5 aromatic rings. The molecule has 0 radical (unpaired) electrons. The Morgan fingerprint density at radius 3 is 2.34 bits per heavy atom. The number of halogens is 2. The standard InChI is InChI=1S/C32H27F2N3O3S/c1-32(33,34)26-12-14-27(15-13-26)37(19-21-6-8-23(9-7-21)30(40)35-17-16-29(38)39)31-36-28(20-41-31)25-11-10-22-4-2-3-5-24(22)18-25/h2-15,18,20H,16-17,19H2,1H3,(H,35,40)(H,38,39). The van der Waals surface area contributed by atoms with Gasteiger partial charge in [-0.1, -0.05) is 60.7 Å². The molecule has 5 rings (SSSR count). The molecule has 41 heavy (non-hydrogen) atoms. The molecule has 0 unspecified atom stereocenters. The van der Waals surface area contributed by atoms with Crippen molar-refractivity contribution in [1.29, 1.82) is 0 Å². The van der Waals surface area contributed by atoms with Crippen molar-refractivity contribution in [2.24, 2.45) is 0 Å². The smallest absolute Gasteiger partial charge is 0.305 e. The van der Waals surface area contributed by atoms with Gasteiger partial charge < -0.3 is 15.3 Å². The van der Waals surface area contributed by atoms with Gasteiger partial charge in [-0.15, -0.1) is 11.3 Å². The second-order valence-electron chi connectivity index (χ2n) is 9.70. The van der Waals surface area contributed by atoms with Crippen LogP contribution in [-0.4, -0.2) is 28.5 Å². The molecule has 0 aliphatic heterocycles. The Hall–Kier alpha value is -4.63. The number of carbonyl (C=O) groups excluding carboxylic acids is 1. The zero-order valence-corrected chi connectivity index (χ0v) is 23.0. The first-order chi connectivity index (χ1) is 19.7. The number of hydrogen-bond acceptors (Lipinski definition) is 5. The molecule has 0 bridgehead atoms. The Morgan fingerprint density at radius 1 is 0.951 bits per heavy atom. The molecule has 9 heteroatoms. The lowest BCUT2D eigenvalue weighted by atomic mass is 10.1. The van der Waals surface area contributed by atoms with E-state index in [1.807, 2.05) is 40.6 Å². The van der Waals surface area contributed by atoms with Gasteiger partial charge in [0.1, 0.15) is 0 Å². The number of fused-ring (bicyclic) bond motifs is 1. The highest BCUT2D eigenvalue weighted by atomic mass is 32.1. The lowest BCUT2D eigenvalue weighted by Gasteiger charge is -2.23. The fourth-order valence-corrected chi connectivity index (χ4v) is 5.26. The number of alkyl halides is 2. The third kappa shape index (κ3) is 6.75. The molecule has 0 saturated heterocycles. The summed E-state index contributed by atoms with van der Waals surface area (Å²) in [7, 11) is 0. The molecule has 0 atom stereocenters. The maximum atomic E-state index is 13.9. The molecular weight excluding hydrogens is 544 g/mol.